The van der Waals surface area contributed by atoms with Crippen molar-refractivity contribution < 1.29 is 19.1 Å². The number of benzene rings is 1. The van der Waals surface area contributed by atoms with E-state index in [2.05, 4.69) is 17.4 Å². The number of carbonyl (C=O) groups is 2. The van der Waals surface area contributed by atoms with Crippen molar-refractivity contribution in [1.29, 1.82) is 0 Å². The van der Waals surface area contributed by atoms with Gasteiger partial charge in [0.2, 0.25) is 0 Å². The van der Waals surface area contributed by atoms with Gasteiger partial charge in [0.25, 0.3) is 11.8 Å². The summed E-state index contributed by atoms with van der Waals surface area (Å²) in [6, 6.07) is 7.06. The van der Waals surface area contributed by atoms with Crippen LogP contribution in [0.1, 0.15) is 27.0 Å². The summed E-state index contributed by atoms with van der Waals surface area (Å²) in [7, 11) is 1.42. The van der Waals surface area contributed by atoms with Crippen molar-refractivity contribution in [3.63, 3.8) is 0 Å². The van der Waals surface area contributed by atoms with Gasteiger partial charge in [-0.3, -0.25) is 9.59 Å². The monoisotopic (exact) mass is 396 g/mol. The maximum atomic E-state index is 12.5. The number of aryl methyl sites for hydroxylation is 1. The summed E-state index contributed by atoms with van der Waals surface area (Å²) in [5, 5.41) is 3.10. The summed E-state index contributed by atoms with van der Waals surface area (Å²) in [6.45, 7) is 3.66. The molecule has 140 valence electrons. The van der Waals surface area contributed by atoms with Gasteiger partial charge in [-0.25, -0.2) is 0 Å². The smallest absolute Gasteiger partial charge is 0.255 e. The highest BCUT2D eigenvalue weighted by molar-refractivity contribution is 7.11. The van der Waals surface area contributed by atoms with Crippen LogP contribution in [0.15, 0.2) is 24.3 Å². The molecule has 0 aliphatic heterocycles. The molecule has 1 atom stereocenters. The van der Waals surface area contributed by atoms with Crippen LogP contribution in [0.5, 0.6) is 11.5 Å². The predicted octanol–water partition coefficient (Wildman–Crippen LogP) is 2.94. The third-order valence-electron chi connectivity index (χ3n) is 3.53. The summed E-state index contributed by atoms with van der Waals surface area (Å²) in [4.78, 5) is 25.8. The molecule has 1 aromatic heterocycles. The lowest BCUT2D eigenvalue weighted by atomic mass is 10.1. The Morgan fingerprint density at radius 2 is 2.08 bits per heavy atom. The molecule has 1 heterocycles. The van der Waals surface area contributed by atoms with Gasteiger partial charge in [0.1, 0.15) is 0 Å². The standard InChI is InChI=1S/C18H21ClN2O4S/c1-10(6-13-5-4-11(2)26-13)21-18(23)12-7-14(19)17(15(8-12)24-3)25-9-16(20)22/h4-5,7-8,10H,6,9H2,1-3H3,(H2,20,22)(H,21,23). The van der Waals surface area contributed by atoms with E-state index in [1.54, 1.807) is 11.3 Å². The van der Waals surface area contributed by atoms with Gasteiger partial charge in [0, 0.05) is 27.8 Å². The molecule has 6 nitrogen and oxygen atoms in total. The average molecular weight is 397 g/mol. The van der Waals surface area contributed by atoms with Crippen molar-refractivity contribution >= 4 is 34.8 Å². The summed E-state index contributed by atoms with van der Waals surface area (Å²) >= 11 is 7.88. The summed E-state index contributed by atoms with van der Waals surface area (Å²) in [5.74, 6) is -0.480. The molecule has 2 amide bonds. The molecule has 3 N–H and O–H groups in total. The molecule has 2 rings (SSSR count). The largest absolute Gasteiger partial charge is 0.493 e. The van der Waals surface area contributed by atoms with Gasteiger partial charge in [0.05, 0.1) is 12.1 Å². The first kappa shape index (κ1) is 20.1. The Bertz CT molecular complexity index is 806. The lowest BCUT2D eigenvalue weighted by molar-refractivity contribution is -0.119. The zero-order valence-electron chi connectivity index (χ0n) is 14.8. The summed E-state index contributed by atoms with van der Waals surface area (Å²) < 4.78 is 10.5. The zero-order chi connectivity index (χ0) is 19.3. The second kappa shape index (κ2) is 8.91. The Balaban J connectivity index is 2.10. The Morgan fingerprint density at radius 1 is 1.35 bits per heavy atom. The minimum absolute atomic E-state index is 0.0453. The molecule has 2 aromatic rings. The van der Waals surface area contributed by atoms with Crippen molar-refractivity contribution in [1.82, 2.24) is 5.32 Å². The Hall–Kier alpha value is -2.25. The summed E-state index contributed by atoms with van der Waals surface area (Å²) in [6.07, 6.45) is 0.745. The van der Waals surface area contributed by atoms with E-state index in [1.165, 1.54) is 29.0 Å². The SMILES string of the molecule is COc1cc(C(=O)NC(C)Cc2ccc(C)s2)cc(Cl)c1OCC(N)=O. The molecule has 0 spiro atoms. The molecule has 1 unspecified atom stereocenters. The molecule has 0 saturated carbocycles. The second-order valence-corrected chi connectivity index (χ2v) is 7.62. The number of thiophene rings is 1. The van der Waals surface area contributed by atoms with E-state index in [0.29, 0.717) is 5.56 Å². The van der Waals surface area contributed by atoms with Crippen LogP contribution in [0, 0.1) is 6.92 Å². The van der Waals surface area contributed by atoms with Crippen LogP contribution in [0.4, 0.5) is 0 Å². The maximum Gasteiger partial charge on any atom is 0.255 e. The van der Waals surface area contributed by atoms with Gasteiger partial charge in [-0.2, -0.15) is 0 Å². The van der Waals surface area contributed by atoms with Crippen LogP contribution < -0.4 is 20.5 Å². The van der Waals surface area contributed by atoms with Crippen molar-refractivity contribution in [2.75, 3.05) is 13.7 Å². The first-order chi connectivity index (χ1) is 12.3. The maximum absolute atomic E-state index is 12.5. The molecule has 0 radical (unpaired) electrons. The third-order valence-corrected chi connectivity index (χ3v) is 4.84. The van der Waals surface area contributed by atoms with Crippen LogP contribution in [-0.2, 0) is 11.2 Å². The molecule has 1 aromatic carbocycles. The number of ether oxygens (including phenoxy) is 2. The fraction of sp³-hybridized carbons (Fsp3) is 0.333. The molecule has 0 saturated heterocycles. The number of primary amides is 1. The van der Waals surface area contributed by atoms with E-state index in [0.717, 1.165) is 6.42 Å². The lowest BCUT2D eigenvalue weighted by Crippen LogP contribution is -2.33. The van der Waals surface area contributed by atoms with Gasteiger partial charge >= 0.3 is 0 Å². The normalized spacial score (nSPS) is 11.7. The number of nitrogens with two attached hydrogens (primary N) is 1. The van der Waals surface area contributed by atoms with E-state index in [-0.39, 0.29) is 35.1 Å². The Kier molecular flexibility index (Phi) is 6.88. The van der Waals surface area contributed by atoms with Gasteiger partial charge in [-0.05, 0) is 38.1 Å². The molecular weight excluding hydrogens is 376 g/mol. The van der Waals surface area contributed by atoms with E-state index in [9.17, 15) is 9.59 Å². The molecule has 0 bridgehead atoms. The van der Waals surface area contributed by atoms with Crippen molar-refractivity contribution in [2.24, 2.45) is 5.73 Å². The minimum Gasteiger partial charge on any atom is -0.493 e. The Labute approximate surface area is 161 Å². The fourth-order valence-electron chi connectivity index (χ4n) is 2.39. The second-order valence-electron chi connectivity index (χ2n) is 5.84. The molecule has 0 aliphatic carbocycles. The highest BCUT2D eigenvalue weighted by Crippen LogP contribution is 2.36. The van der Waals surface area contributed by atoms with E-state index < -0.39 is 5.91 Å². The van der Waals surface area contributed by atoms with E-state index in [4.69, 9.17) is 26.8 Å². The van der Waals surface area contributed by atoms with Crippen LogP contribution in [-0.4, -0.2) is 31.6 Å². The van der Waals surface area contributed by atoms with Gasteiger partial charge < -0.3 is 20.5 Å². The molecule has 26 heavy (non-hydrogen) atoms. The zero-order valence-corrected chi connectivity index (χ0v) is 16.4. The number of hydrogen-bond donors (Lipinski definition) is 2. The highest BCUT2D eigenvalue weighted by Gasteiger charge is 2.18. The minimum atomic E-state index is -0.637. The van der Waals surface area contributed by atoms with E-state index in [1.807, 2.05) is 13.8 Å². The topological polar surface area (TPSA) is 90.7 Å². The highest BCUT2D eigenvalue weighted by atomic mass is 35.5. The lowest BCUT2D eigenvalue weighted by Gasteiger charge is -2.16. The third kappa shape index (κ3) is 5.37. The summed E-state index contributed by atoms with van der Waals surface area (Å²) in [5.41, 5.74) is 5.41. The predicted molar refractivity (Wildman–Crippen MR) is 102 cm³/mol. The number of carbonyl (C=O) groups excluding carboxylic acids is 2. The van der Waals surface area contributed by atoms with Crippen molar-refractivity contribution in [3.05, 3.63) is 44.6 Å². The van der Waals surface area contributed by atoms with E-state index >= 15 is 0 Å². The van der Waals surface area contributed by atoms with Crippen LogP contribution in [0.25, 0.3) is 0 Å². The van der Waals surface area contributed by atoms with Crippen LogP contribution in [0.3, 0.4) is 0 Å². The first-order valence-electron chi connectivity index (χ1n) is 7.95. The Morgan fingerprint density at radius 3 is 2.65 bits per heavy atom. The van der Waals surface area contributed by atoms with Crippen molar-refractivity contribution in [3.8, 4) is 11.5 Å². The van der Waals surface area contributed by atoms with Gasteiger partial charge in [-0.15, -0.1) is 11.3 Å². The van der Waals surface area contributed by atoms with Crippen molar-refractivity contribution in [2.45, 2.75) is 26.3 Å². The number of halogens is 1. The molecular formula is C18H21ClN2O4S. The first-order valence-corrected chi connectivity index (χ1v) is 9.14. The number of methoxy groups -OCH3 is 1. The number of nitrogens with one attached hydrogen (secondary N) is 1. The molecule has 0 aliphatic rings. The molecule has 0 fully saturated rings. The number of rotatable bonds is 8. The number of amides is 2. The van der Waals surface area contributed by atoms with Crippen LogP contribution >= 0.6 is 22.9 Å². The quantitative estimate of drug-likeness (QED) is 0.717. The van der Waals surface area contributed by atoms with Gasteiger partial charge in [0.15, 0.2) is 18.1 Å². The molecule has 8 heteroatoms. The number of hydrogen-bond acceptors (Lipinski definition) is 5. The van der Waals surface area contributed by atoms with Gasteiger partial charge in [-0.1, -0.05) is 11.6 Å². The fourth-order valence-corrected chi connectivity index (χ4v) is 3.67. The average Bonchev–Trinajstić information content (AvgIpc) is 2.97. The van der Waals surface area contributed by atoms with Crippen LogP contribution in [0.2, 0.25) is 5.02 Å².